The fraction of sp³-hybridized carbons (Fsp3) is 0.133. The first-order valence-electron chi connectivity index (χ1n) is 6.06. The molecule has 3 rings (SSSR count). The second-order valence-electron chi connectivity index (χ2n) is 4.80. The molecule has 2 aromatic rings. The van der Waals surface area contributed by atoms with Crippen LogP contribution in [0.15, 0.2) is 41.3 Å². The molecule has 0 amide bonds. The van der Waals surface area contributed by atoms with Crippen LogP contribution in [0, 0.1) is 12.7 Å². The van der Waals surface area contributed by atoms with Gasteiger partial charge in [-0.05, 0) is 24.6 Å². The van der Waals surface area contributed by atoms with E-state index < -0.39 is 27.2 Å². The number of hydrogen-bond acceptors (Lipinski definition) is 3. The summed E-state index contributed by atoms with van der Waals surface area (Å²) in [7, 11) is -3.73. The first-order valence-corrected chi connectivity index (χ1v) is 7.71. The fourth-order valence-electron chi connectivity index (χ4n) is 2.51. The Bertz CT molecular complexity index is 838. The molecule has 102 valence electrons. The van der Waals surface area contributed by atoms with E-state index in [-0.39, 0.29) is 21.6 Å². The summed E-state index contributed by atoms with van der Waals surface area (Å²) < 4.78 is 38.6. The molecule has 1 aliphatic rings. The van der Waals surface area contributed by atoms with E-state index in [0.29, 0.717) is 5.56 Å². The van der Waals surface area contributed by atoms with Crippen molar-refractivity contribution in [1.82, 2.24) is 0 Å². The maximum atomic E-state index is 13.9. The van der Waals surface area contributed by atoms with Gasteiger partial charge in [0.1, 0.15) is 5.82 Å². The zero-order valence-electron chi connectivity index (χ0n) is 10.7. The van der Waals surface area contributed by atoms with Gasteiger partial charge in [-0.1, -0.05) is 24.3 Å². The molecule has 1 heterocycles. The number of carbonyl (C=O) groups is 1. The Morgan fingerprint density at radius 3 is 2.55 bits per heavy atom. The summed E-state index contributed by atoms with van der Waals surface area (Å²) in [6.45, 7) is 1.68. The van der Waals surface area contributed by atoms with Gasteiger partial charge in [-0.15, -0.1) is 0 Å². The van der Waals surface area contributed by atoms with Crippen LogP contribution in [-0.4, -0.2) is 14.2 Å². The largest absolute Gasteiger partial charge is 0.289 e. The molecule has 0 saturated heterocycles. The third-order valence-corrected chi connectivity index (χ3v) is 5.17. The summed E-state index contributed by atoms with van der Waals surface area (Å²) in [5.41, 5.74) is 0.805. The van der Waals surface area contributed by atoms with Gasteiger partial charge in [0.05, 0.1) is 10.6 Å². The molecule has 0 fully saturated rings. The van der Waals surface area contributed by atoms with Crippen molar-refractivity contribution in [2.75, 3.05) is 0 Å². The Balaban J connectivity index is 2.45. The number of carbonyl (C=O) groups excluding carboxylic acids is 1. The minimum Gasteiger partial charge on any atom is -0.289 e. The van der Waals surface area contributed by atoms with Gasteiger partial charge in [0.25, 0.3) is 0 Å². The van der Waals surface area contributed by atoms with Crippen molar-refractivity contribution in [2.45, 2.75) is 17.6 Å². The number of rotatable bonds is 0. The Morgan fingerprint density at radius 1 is 1.10 bits per heavy atom. The van der Waals surface area contributed by atoms with Gasteiger partial charge in [-0.3, -0.25) is 4.79 Å². The quantitative estimate of drug-likeness (QED) is 0.749. The van der Waals surface area contributed by atoms with Gasteiger partial charge in [0.2, 0.25) is 0 Å². The van der Waals surface area contributed by atoms with Crippen LogP contribution in [0.1, 0.15) is 27.0 Å². The summed E-state index contributed by atoms with van der Waals surface area (Å²) in [5.74, 6) is -1.59. The summed E-state index contributed by atoms with van der Waals surface area (Å²) in [4.78, 5) is 12.5. The first kappa shape index (κ1) is 13.0. The van der Waals surface area contributed by atoms with E-state index in [1.54, 1.807) is 19.1 Å². The number of sulfone groups is 1. The number of ketones is 1. The molecule has 1 aliphatic heterocycles. The predicted molar refractivity (Wildman–Crippen MR) is 71.9 cm³/mol. The van der Waals surface area contributed by atoms with Crippen LogP contribution in [-0.2, 0) is 15.6 Å². The highest BCUT2D eigenvalue weighted by Crippen LogP contribution is 2.32. The van der Waals surface area contributed by atoms with Crippen LogP contribution < -0.4 is 0 Å². The number of aryl methyl sites for hydroxylation is 1. The molecule has 20 heavy (non-hydrogen) atoms. The normalized spacial score (nSPS) is 16.2. The minimum absolute atomic E-state index is 0.0156. The molecule has 0 atom stereocenters. The van der Waals surface area contributed by atoms with Crippen LogP contribution >= 0.6 is 0 Å². The average molecular weight is 290 g/mol. The highest BCUT2D eigenvalue weighted by molar-refractivity contribution is 7.90. The van der Waals surface area contributed by atoms with Gasteiger partial charge in [-0.2, -0.15) is 0 Å². The zero-order chi connectivity index (χ0) is 14.5. The lowest BCUT2D eigenvalue weighted by atomic mass is 9.96. The van der Waals surface area contributed by atoms with Crippen molar-refractivity contribution in [2.24, 2.45) is 0 Å². The summed E-state index contributed by atoms with van der Waals surface area (Å²) in [6, 6.07) is 8.73. The van der Waals surface area contributed by atoms with Crippen molar-refractivity contribution in [3.63, 3.8) is 0 Å². The zero-order valence-corrected chi connectivity index (χ0v) is 11.5. The molecule has 0 aromatic heterocycles. The topological polar surface area (TPSA) is 51.2 Å². The monoisotopic (exact) mass is 290 g/mol. The second kappa shape index (κ2) is 4.24. The molecule has 0 spiro atoms. The van der Waals surface area contributed by atoms with E-state index in [1.165, 1.54) is 24.3 Å². The molecule has 0 radical (unpaired) electrons. The molecule has 0 saturated carbocycles. The van der Waals surface area contributed by atoms with Gasteiger partial charge in [0, 0.05) is 16.7 Å². The molecule has 0 bridgehead atoms. The van der Waals surface area contributed by atoms with Crippen molar-refractivity contribution in [3.05, 3.63) is 64.5 Å². The van der Waals surface area contributed by atoms with Crippen LogP contribution in [0.2, 0.25) is 0 Å². The average Bonchev–Trinajstić information content (AvgIpc) is 2.47. The molecular formula is C15H11FO3S. The van der Waals surface area contributed by atoms with Crippen LogP contribution in [0.25, 0.3) is 0 Å². The van der Waals surface area contributed by atoms with Crippen LogP contribution in [0.3, 0.4) is 0 Å². The minimum atomic E-state index is -3.73. The van der Waals surface area contributed by atoms with Crippen LogP contribution in [0.4, 0.5) is 4.39 Å². The number of benzene rings is 2. The Kier molecular flexibility index (Phi) is 2.76. The van der Waals surface area contributed by atoms with Gasteiger partial charge < -0.3 is 0 Å². The summed E-state index contributed by atoms with van der Waals surface area (Å²) >= 11 is 0. The Morgan fingerprint density at radius 2 is 1.80 bits per heavy atom. The van der Waals surface area contributed by atoms with Crippen LogP contribution in [0.5, 0.6) is 0 Å². The van der Waals surface area contributed by atoms with E-state index >= 15 is 0 Å². The Hall–Kier alpha value is -2.01. The predicted octanol–water partition coefficient (Wildman–Crippen LogP) is 2.65. The van der Waals surface area contributed by atoms with Gasteiger partial charge >= 0.3 is 0 Å². The van der Waals surface area contributed by atoms with E-state index in [1.807, 2.05) is 0 Å². The van der Waals surface area contributed by atoms with Gasteiger partial charge in [0.15, 0.2) is 15.6 Å². The highest BCUT2D eigenvalue weighted by Gasteiger charge is 2.32. The molecular weight excluding hydrogens is 279 g/mol. The van der Waals surface area contributed by atoms with Gasteiger partial charge in [-0.25, -0.2) is 12.8 Å². The number of fused-ring (bicyclic) bond motifs is 2. The van der Waals surface area contributed by atoms with E-state index in [9.17, 15) is 17.6 Å². The Labute approximate surface area is 116 Å². The first-order chi connectivity index (χ1) is 9.42. The van der Waals surface area contributed by atoms with E-state index in [4.69, 9.17) is 0 Å². The molecule has 0 unspecified atom stereocenters. The number of halogens is 1. The van der Waals surface area contributed by atoms with Crippen molar-refractivity contribution in [3.8, 4) is 0 Å². The highest BCUT2D eigenvalue weighted by atomic mass is 32.2. The smallest absolute Gasteiger partial charge is 0.195 e. The SMILES string of the molecule is Cc1cccc2c1C(=O)c1cccc(F)c1CS2(=O)=O. The molecule has 0 aliphatic carbocycles. The van der Waals surface area contributed by atoms with E-state index in [0.717, 1.165) is 0 Å². The molecule has 2 aromatic carbocycles. The maximum absolute atomic E-state index is 13.9. The van der Waals surface area contributed by atoms with Crippen molar-refractivity contribution in [1.29, 1.82) is 0 Å². The van der Waals surface area contributed by atoms with E-state index in [2.05, 4.69) is 0 Å². The molecule has 5 heteroatoms. The molecule has 3 nitrogen and oxygen atoms in total. The lowest BCUT2D eigenvalue weighted by Gasteiger charge is -2.07. The summed E-state index contributed by atoms with van der Waals surface area (Å²) in [5, 5.41) is 0. The van der Waals surface area contributed by atoms with Crippen molar-refractivity contribution < 1.29 is 17.6 Å². The maximum Gasteiger partial charge on any atom is 0.195 e. The number of hydrogen-bond donors (Lipinski definition) is 0. The molecule has 0 N–H and O–H groups in total. The third-order valence-electron chi connectivity index (χ3n) is 3.49. The van der Waals surface area contributed by atoms with Crippen molar-refractivity contribution >= 4 is 15.6 Å². The lowest BCUT2D eigenvalue weighted by molar-refractivity contribution is 0.103. The second-order valence-corrected chi connectivity index (χ2v) is 6.76. The standard InChI is InChI=1S/C15H11FO3S/c1-9-4-2-7-13-14(9)15(17)10-5-3-6-12(16)11(10)8-20(13,18)19/h2-7H,8H2,1H3. The lowest BCUT2D eigenvalue weighted by Crippen LogP contribution is -2.08. The summed E-state index contributed by atoms with van der Waals surface area (Å²) in [6.07, 6.45) is 0. The third kappa shape index (κ3) is 1.78. The fourth-order valence-corrected chi connectivity index (χ4v) is 4.19.